The Morgan fingerprint density at radius 2 is 1.65 bits per heavy atom. The van der Waals surface area contributed by atoms with E-state index in [0.29, 0.717) is 11.4 Å². The topological polar surface area (TPSA) is 56.5 Å². The molecule has 2 aromatic carbocycles. The standard InChI is InChI=1S/C14H14F2N2O2/c1-19-13-7-12(9(16)6-10(13)17)18-11-4-3-8(15)5-14(11)20-2/h3-7,18H,17H2,1-2H3. The van der Waals surface area contributed by atoms with Crippen LogP contribution in [-0.4, -0.2) is 14.2 Å². The van der Waals surface area contributed by atoms with E-state index in [1.54, 1.807) is 0 Å². The van der Waals surface area contributed by atoms with Gasteiger partial charge < -0.3 is 20.5 Å². The molecule has 0 aliphatic carbocycles. The molecular formula is C14H14F2N2O2. The van der Waals surface area contributed by atoms with Gasteiger partial charge in [0.1, 0.15) is 23.1 Å². The van der Waals surface area contributed by atoms with E-state index < -0.39 is 11.6 Å². The van der Waals surface area contributed by atoms with E-state index in [4.69, 9.17) is 15.2 Å². The summed E-state index contributed by atoms with van der Waals surface area (Å²) in [5.41, 5.74) is 6.38. The van der Waals surface area contributed by atoms with Crippen LogP contribution in [0.1, 0.15) is 0 Å². The third-order valence-corrected chi connectivity index (χ3v) is 2.75. The minimum absolute atomic E-state index is 0.154. The first kappa shape index (κ1) is 13.9. The van der Waals surface area contributed by atoms with Crippen LogP contribution in [0.4, 0.5) is 25.8 Å². The number of benzene rings is 2. The number of ether oxygens (including phenoxy) is 2. The van der Waals surface area contributed by atoms with Crippen LogP contribution in [-0.2, 0) is 0 Å². The summed E-state index contributed by atoms with van der Waals surface area (Å²) in [6.07, 6.45) is 0. The van der Waals surface area contributed by atoms with Crippen LogP contribution < -0.4 is 20.5 Å². The predicted octanol–water partition coefficient (Wildman–Crippen LogP) is 3.31. The molecular weight excluding hydrogens is 266 g/mol. The van der Waals surface area contributed by atoms with Crippen LogP contribution in [0.5, 0.6) is 11.5 Å². The number of hydrogen-bond donors (Lipinski definition) is 2. The van der Waals surface area contributed by atoms with Gasteiger partial charge in [0.15, 0.2) is 0 Å². The first-order valence-corrected chi connectivity index (χ1v) is 5.78. The van der Waals surface area contributed by atoms with Crippen molar-refractivity contribution in [1.82, 2.24) is 0 Å². The van der Waals surface area contributed by atoms with Crippen molar-refractivity contribution in [2.45, 2.75) is 0 Å². The molecule has 0 saturated heterocycles. The van der Waals surface area contributed by atoms with E-state index in [0.717, 1.165) is 6.07 Å². The van der Waals surface area contributed by atoms with Gasteiger partial charge in [-0.15, -0.1) is 0 Å². The highest BCUT2D eigenvalue weighted by Crippen LogP contribution is 2.33. The molecule has 0 amide bonds. The van der Waals surface area contributed by atoms with Crippen molar-refractivity contribution in [2.24, 2.45) is 0 Å². The lowest BCUT2D eigenvalue weighted by Crippen LogP contribution is -2.00. The molecule has 2 rings (SSSR count). The van der Waals surface area contributed by atoms with Gasteiger partial charge in [-0.05, 0) is 12.1 Å². The van der Waals surface area contributed by atoms with E-state index in [1.807, 2.05) is 0 Å². The monoisotopic (exact) mass is 280 g/mol. The third kappa shape index (κ3) is 2.74. The Morgan fingerprint density at radius 1 is 0.950 bits per heavy atom. The Morgan fingerprint density at radius 3 is 2.30 bits per heavy atom. The van der Waals surface area contributed by atoms with Gasteiger partial charge in [-0.3, -0.25) is 0 Å². The van der Waals surface area contributed by atoms with Crippen LogP contribution in [0, 0.1) is 11.6 Å². The molecule has 0 radical (unpaired) electrons. The van der Waals surface area contributed by atoms with Crippen molar-refractivity contribution in [3.63, 3.8) is 0 Å². The van der Waals surface area contributed by atoms with Crippen LogP contribution in [0.25, 0.3) is 0 Å². The highest BCUT2D eigenvalue weighted by Gasteiger charge is 2.11. The number of halogens is 2. The number of anilines is 3. The van der Waals surface area contributed by atoms with E-state index in [2.05, 4.69) is 5.32 Å². The first-order chi connectivity index (χ1) is 9.55. The van der Waals surface area contributed by atoms with Crippen molar-refractivity contribution in [2.75, 3.05) is 25.3 Å². The minimum Gasteiger partial charge on any atom is -0.495 e. The van der Waals surface area contributed by atoms with Crippen molar-refractivity contribution < 1.29 is 18.3 Å². The number of nitrogen functional groups attached to an aromatic ring is 1. The Bertz CT molecular complexity index is 633. The van der Waals surface area contributed by atoms with Crippen LogP contribution in [0.2, 0.25) is 0 Å². The fourth-order valence-corrected chi connectivity index (χ4v) is 1.75. The summed E-state index contributed by atoms with van der Waals surface area (Å²) in [5.74, 6) is -0.382. The normalized spacial score (nSPS) is 10.2. The molecule has 0 heterocycles. The molecule has 0 unspecified atom stereocenters. The quantitative estimate of drug-likeness (QED) is 0.844. The first-order valence-electron chi connectivity index (χ1n) is 5.78. The summed E-state index contributed by atoms with van der Waals surface area (Å²) >= 11 is 0. The lowest BCUT2D eigenvalue weighted by molar-refractivity contribution is 0.413. The number of nitrogens with one attached hydrogen (secondary N) is 1. The molecule has 0 aromatic heterocycles. The Kier molecular flexibility index (Phi) is 3.93. The highest BCUT2D eigenvalue weighted by atomic mass is 19.1. The summed E-state index contributed by atoms with van der Waals surface area (Å²) in [5, 5.41) is 2.82. The van der Waals surface area contributed by atoms with E-state index in [-0.39, 0.29) is 17.1 Å². The molecule has 0 spiro atoms. The highest BCUT2D eigenvalue weighted by molar-refractivity contribution is 5.70. The number of rotatable bonds is 4. The molecule has 4 nitrogen and oxygen atoms in total. The van der Waals surface area contributed by atoms with Crippen molar-refractivity contribution in [1.29, 1.82) is 0 Å². The number of nitrogens with two attached hydrogens (primary N) is 1. The Labute approximate surface area is 115 Å². The van der Waals surface area contributed by atoms with E-state index >= 15 is 0 Å². The zero-order valence-electron chi connectivity index (χ0n) is 11.0. The maximum atomic E-state index is 13.9. The third-order valence-electron chi connectivity index (χ3n) is 2.75. The van der Waals surface area contributed by atoms with Crippen molar-refractivity contribution in [3.05, 3.63) is 42.0 Å². The molecule has 0 aliphatic rings. The van der Waals surface area contributed by atoms with Gasteiger partial charge in [0.25, 0.3) is 0 Å². The predicted molar refractivity (Wildman–Crippen MR) is 73.6 cm³/mol. The van der Waals surface area contributed by atoms with Gasteiger partial charge >= 0.3 is 0 Å². The summed E-state index contributed by atoms with van der Waals surface area (Å²) in [7, 11) is 2.84. The maximum Gasteiger partial charge on any atom is 0.148 e. The van der Waals surface area contributed by atoms with Crippen LogP contribution in [0.3, 0.4) is 0 Å². The van der Waals surface area contributed by atoms with Crippen molar-refractivity contribution in [3.8, 4) is 11.5 Å². The molecule has 0 aliphatic heterocycles. The minimum atomic E-state index is -0.547. The molecule has 2 aromatic rings. The zero-order valence-corrected chi connectivity index (χ0v) is 11.0. The second-order valence-electron chi connectivity index (χ2n) is 4.04. The van der Waals surface area contributed by atoms with Crippen molar-refractivity contribution >= 4 is 17.1 Å². The lowest BCUT2D eigenvalue weighted by Gasteiger charge is -2.13. The Balaban J connectivity index is 2.39. The Hall–Kier alpha value is -2.50. The molecule has 106 valence electrons. The maximum absolute atomic E-state index is 13.9. The fraction of sp³-hybridized carbons (Fsp3) is 0.143. The van der Waals surface area contributed by atoms with Crippen LogP contribution in [0.15, 0.2) is 30.3 Å². The average Bonchev–Trinajstić information content (AvgIpc) is 2.43. The summed E-state index contributed by atoms with van der Waals surface area (Å²) < 4.78 is 37.0. The molecule has 6 heteroatoms. The summed E-state index contributed by atoms with van der Waals surface area (Å²) in [6.45, 7) is 0. The molecule has 0 bridgehead atoms. The molecule has 3 N–H and O–H groups in total. The summed E-state index contributed by atoms with van der Waals surface area (Å²) in [6, 6.07) is 6.48. The lowest BCUT2D eigenvalue weighted by atomic mass is 10.2. The molecule has 0 saturated carbocycles. The number of methoxy groups -OCH3 is 2. The van der Waals surface area contributed by atoms with Gasteiger partial charge in [-0.25, -0.2) is 8.78 Å². The average molecular weight is 280 g/mol. The second kappa shape index (κ2) is 5.64. The van der Waals surface area contributed by atoms with E-state index in [1.165, 1.54) is 38.5 Å². The SMILES string of the molecule is COc1cc(Nc2ccc(F)cc2OC)c(F)cc1N. The smallest absolute Gasteiger partial charge is 0.148 e. The van der Waals surface area contributed by atoms with Crippen LogP contribution >= 0.6 is 0 Å². The van der Waals surface area contributed by atoms with Gasteiger partial charge in [0, 0.05) is 18.2 Å². The van der Waals surface area contributed by atoms with Gasteiger partial charge in [-0.1, -0.05) is 0 Å². The van der Waals surface area contributed by atoms with Gasteiger partial charge in [0.2, 0.25) is 0 Å². The molecule has 0 atom stereocenters. The van der Waals surface area contributed by atoms with E-state index in [9.17, 15) is 8.78 Å². The number of hydrogen-bond acceptors (Lipinski definition) is 4. The summed E-state index contributed by atoms with van der Waals surface area (Å²) in [4.78, 5) is 0. The largest absolute Gasteiger partial charge is 0.495 e. The van der Waals surface area contributed by atoms with Gasteiger partial charge in [-0.2, -0.15) is 0 Å². The zero-order chi connectivity index (χ0) is 14.7. The second-order valence-corrected chi connectivity index (χ2v) is 4.04. The van der Waals surface area contributed by atoms with Gasteiger partial charge in [0.05, 0.1) is 31.3 Å². The molecule has 20 heavy (non-hydrogen) atoms. The molecule has 0 fully saturated rings. The fourth-order valence-electron chi connectivity index (χ4n) is 1.75.